The van der Waals surface area contributed by atoms with E-state index in [4.69, 9.17) is 5.73 Å². The Labute approximate surface area is 105 Å². The molecule has 1 amide bonds. The molecule has 1 aromatic heterocycles. The average molecular weight is 268 g/mol. The Hall–Kier alpha value is -2.57. The minimum atomic E-state index is -1.35. The van der Waals surface area contributed by atoms with Crippen molar-refractivity contribution >= 4 is 11.8 Å². The Kier molecular flexibility index (Phi) is 3.12. The van der Waals surface area contributed by atoms with Crippen molar-refractivity contribution in [2.75, 3.05) is 0 Å². The van der Waals surface area contributed by atoms with Gasteiger partial charge in [-0.05, 0) is 12.1 Å². The summed E-state index contributed by atoms with van der Waals surface area (Å²) < 4.78 is 40.4. The van der Waals surface area contributed by atoms with Crippen molar-refractivity contribution in [2.24, 2.45) is 5.73 Å². The van der Waals surface area contributed by atoms with Gasteiger partial charge in [0.2, 0.25) is 0 Å². The summed E-state index contributed by atoms with van der Waals surface area (Å²) in [5.41, 5.74) is 3.83. The van der Waals surface area contributed by atoms with E-state index in [9.17, 15) is 22.8 Å². The molecular weight excluding hydrogens is 261 g/mol. The number of aromatic nitrogens is 1. The SMILES string of the molecule is NC(=O)c1cccn1C(=O)c1c(F)cc(F)cc1F. The van der Waals surface area contributed by atoms with Gasteiger partial charge < -0.3 is 5.73 Å². The van der Waals surface area contributed by atoms with Crippen LogP contribution in [0.5, 0.6) is 0 Å². The number of carbonyl (C=O) groups excluding carboxylic acids is 2. The van der Waals surface area contributed by atoms with E-state index >= 15 is 0 Å². The predicted octanol–water partition coefficient (Wildman–Crippen LogP) is 1.69. The third-order valence-corrected chi connectivity index (χ3v) is 2.44. The fraction of sp³-hybridized carbons (Fsp3) is 0. The first-order valence-corrected chi connectivity index (χ1v) is 5.08. The van der Waals surface area contributed by atoms with Gasteiger partial charge in [-0.3, -0.25) is 14.2 Å². The number of rotatable bonds is 2. The number of halogens is 3. The maximum Gasteiger partial charge on any atom is 0.268 e. The molecule has 0 aliphatic carbocycles. The van der Waals surface area contributed by atoms with Crippen LogP contribution < -0.4 is 5.73 Å². The van der Waals surface area contributed by atoms with Crippen LogP contribution in [0, 0.1) is 17.5 Å². The number of carbonyl (C=O) groups is 2. The molecule has 0 atom stereocenters. The fourth-order valence-electron chi connectivity index (χ4n) is 1.63. The molecule has 4 nitrogen and oxygen atoms in total. The zero-order valence-corrected chi connectivity index (χ0v) is 9.36. The van der Waals surface area contributed by atoms with Gasteiger partial charge in [0.05, 0.1) is 0 Å². The van der Waals surface area contributed by atoms with Crippen LogP contribution in [0.25, 0.3) is 0 Å². The lowest BCUT2D eigenvalue weighted by Crippen LogP contribution is -2.23. The van der Waals surface area contributed by atoms with Crippen LogP contribution in [0.15, 0.2) is 30.5 Å². The van der Waals surface area contributed by atoms with E-state index in [2.05, 4.69) is 0 Å². The number of benzene rings is 1. The molecule has 0 unspecified atom stereocenters. The minimum Gasteiger partial charge on any atom is -0.364 e. The second-order valence-electron chi connectivity index (χ2n) is 3.68. The molecule has 0 saturated heterocycles. The number of hydrogen-bond acceptors (Lipinski definition) is 2. The van der Waals surface area contributed by atoms with Crippen molar-refractivity contribution in [3.8, 4) is 0 Å². The molecule has 7 heteroatoms. The normalized spacial score (nSPS) is 10.5. The van der Waals surface area contributed by atoms with Gasteiger partial charge in [-0.2, -0.15) is 0 Å². The van der Waals surface area contributed by atoms with Crippen molar-refractivity contribution in [1.29, 1.82) is 0 Å². The molecule has 0 bridgehead atoms. The van der Waals surface area contributed by atoms with Crippen molar-refractivity contribution in [1.82, 2.24) is 4.57 Å². The maximum atomic E-state index is 13.5. The summed E-state index contributed by atoms with van der Waals surface area (Å²) in [7, 11) is 0. The summed E-state index contributed by atoms with van der Waals surface area (Å²) >= 11 is 0. The zero-order chi connectivity index (χ0) is 14.2. The minimum absolute atomic E-state index is 0.229. The summed E-state index contributed by atoms with van der Waals surface area (Å²) in [6.07, 6.45) is 1.13. The standard InChI is InChI=1S/C12H7F3N2O2/c13-6-4-7(14)10(8(15)5-6)12(19)17-3-1-2-9(17)11(16)18/h1-5H,(H2,16,18). The molecule has 0 fully saturated rings. The number of primary amides is 1. The highest BCUT2D eigenvalue weighted by Crippen LogP contribution is 2.17. The third-order valence-electron chi connectivity index (χ3n) is 2.44. The third kappa shape index (κ3) is 2.22. The molecule has 0 radical (unpaired) electrons. The quantitative estimate of drug-likeness (QED) is 0.900. The topological polar surface area (TPSA) is 65.1 Å². The van der Waals surface area contributed by atoms with Crippen LogP contribution in [0.4, 0.5) is 13.2 Å². The van der Waals surface area contributed by atoms with Crippen LogP contribution in [0.1, 0.15) is 20.8 Å². The highest BCUT2D eigenvalue weighted by molar-refractivity contribution is 6.02. The van der Waals surface area contributed by atoms with E-state index in [0.29, 0.717) is 16.7 Å². The molecular formula is C12H7F3N2O2. The molecule has 0 saturated carbocycles. The smallest absolute Gasteiger partial charge is 0.268 e. The summed E-state index contributed by atoms with van der Waals surface area (Å²) in [6, 6.07) is 3.30. The Morgan fingerprint density at radius 2 is 1.68 bits per heavy atom. The van der Waals surface area contributed by atoms with Gasteiger partial charge in [-0.15, -0.1) is 0 Å². The van der Waals surface area contributed by atoms with E-state index in [1.54, 1.807) is 0 Å². The van der Waals surface area contributed by atoms with Crippen molar-refractivity contribution in [3.05, 3.63) is 59.2 Å². The zero-order valence-electron chi connectivity index (χ0n) is 9.36. The lowest BCUT2D eigenvalue weighted by Gasteiger charge is -2.07. The average Bonchev–Trinajstić information content (AvgIpc) is 2.75. The Balaban J connectivity index is 2.57. The molecule has 1 aromatic carbocycles. The molecule has 2 rings (SSSR count). The van der Waals surface area contributed by atoms with Gasteiger partial charge in [0.1, 0.15) is 28.7 Å². The highest BCUT2D eigenvalue weighted by atomic mass is 19.1. The monoisotopic (exact) mass is 268 g/mol. The van der Waals surface area contributed by atoms with Crippen LogP contribution >= 0.6 is 0 Å². The van der Waals surface area contributed by atoms with E-state index in [-0.39, 0.29) is 5.69 Å². The van der Waals surface area contributed by atoms with Gasteiger partial charge in [0, 0.05) is 18.3 Å². The molecule has 0 aliphatic heterocycles. The van der Waals surface area contributed by atoms with Crippen molar-refractivity contribution in [2.45, 2.75) is 0 Å². The largest absolute Gasteiger partial charge is 0.364 e. The van der Waals surface area contributed by atoms with Crippen molar-refractivity contribution in [3.63, 3.8) is 0 Å². The lowest BCUT2D eigenvalue weighted by molar-refractivity contribution is 0.0916. The second kappa shape index (κ2) is 4.60. The Bertz CT molecular complexity index is 656. The number of hydrogen-bond donors (Lipinski definition) is 1. The number of amides is 1. The predicted molar refractivity (Wildman–Crippen MR) is 59.0 cm³/mol. The van der Waals surface area contributed by atoms with Gasteiger partial charge in [0.25, 0.3) is 11.8 Å². The van der Waals surface area contributed by atoms with E-state index in [1.165, 1.54) is 12.1 Å². The fourth-order valence-corrected chi connectivity index (χ4v) is 1.63. The first kappa shape index (κ1) is 12.9. The molecule has 2 aromatic rings. The molecule has 0 spiro atoms. The van der Waals surface area contributed by atoms with Crippen LogP contribution in [-0.4, -0.2) is 16.4 Å². The van der Waals surface area contributed by atoms with Crippen LogP contribution in [0.2, 0.25) is 0 Å². The van der Waals surface area contributed by atoms with Crippen molar-refractivity contribution < 1.29 is 22.8 Å². The highest BCUT2D eigenvalue weighted by Gasteiger charge is 2.23. The summed E-state index contributed by atoms with van der Waals surface area (Å²) in [5, 5.41) is 0. The Morgan fingerprint density at radius 3 is 2.21 bits per heavy atom. The maximum absolute atomic E-state index is 13.5. The van der Waals surface area contributed by atoms with Gasteiger partial charge in [-0.1, -0.05) is 0 Å². The Morgan fingerprint density at radius 1 is 1.11 bits per heavy atom. The molecule has 0 aliphatic rings. The number of nitrogens with zero attached hydrogens (tertiary/aromatic N) is 1. The molecule has 19 heavy (non-hydrogen) atoms. The van der Waals surface area contributed by atoms with E-state index in [1.807, 2.05) is 0 Å². The first-order valence-electron chi connectivity index (χ1n) is 5.08. The molecule has 98 valence electrons. The van der Waals surface area contributed by atoms with Gasteiger partial charge in [-0.25, -0.2) is 13.2 Å². The van der Waals surface area contributed by atoms with Crippen LogP contribution in [-0.2, 0) is 0 Å². The molecule has 2 N–H and O–H groups in total. The van der Waals surface area contributed by atoms with Gasteiger partial charge in [0.15, 0.2) is 0 Å². The van der Waals surface area contributed by atoms with E-state index < -0.39 is 34.8 Å². The lowest BCUT2D eigenvalue weighted by atomic mass is 10.1. The second-order valence-corrected chi connectivity index (χ2v) is 3.68. The van der Waals surface area contributed by atoms with Crippen LogP contribution in [0.3, 0.4) is 0 Å². The molecule has 1 heterocycles. The van der Waals surface area contributed by atoms with E-state index in [0.717, 1.165) is 6.20 Å². The summed E-state index contributed by atoms with van der Waals surface area (Å²) in [5.74, 6) is -5.93. The summed E-state index contributed by atoms with van der Waals surface area (Å²) in [6.45, 7) is 0. The number of nitrogens with two attached hydrogens (primary N) is 1. The summed E-state index contributed by atoms with van der Waals surface area (Å²) in [4.78, 5) is 23.0. The van der Waals surface area contributed by atoms with Gasteiger partial charge >= 0.3 is 0 Å². The first-order chi connectivity index (χ1) is 8.91.